The van der Waals surface area contributed by atoms with Gasteiger partial charge in [-0.05, 0) is 17.7 Å². The highest BCUT2D eigenvalue weighted by atomic mass is 19.3. The van der Waals surface area contributed by atoms with Crippen molar-refractivity contribution in [1.29, 1.82) is 0 Å². The zero-order valence-electron chi connectivity index (χ0n) is 11.2. The summed E-state index contributed by atoms with van der Waals surface area (Å²) in [4.78, 5) is 3.77. The molecule has 0 aliphatic carbocycles. The molecule has 1 N–H and O–H groups in total. The minimum Gasteiger partial charge on any atom is -0.387 e. The van der Waals surface area contributed by atoms with Gasteiger partial charge in [-0.3, -0.25) is 9.80 Å². The van der Waals surface area contributed by atoms with Gasteiger partial charge in [0.2, 0.25) is 0 Å². The molecule has 0 aromatic heterocycles. The number of aliphatic hydroxyl groups is 1. The SMILES string of the molecule is OC(CN1CCN(CC(F)F)CC1)c1ccc(F)cc1. The molecule has 1 atom stereocenters. The van der Waals surface area contributed by atoms with Crippen LogP contribution in [0.25, 0.3) is 0 Å². The van der Waals surface area contributed by atoms with Crippen LogP contribution in [0.3, 0.4) is 0 Å². The third-order valence-electron chi connectivity index (χ3n) is 3.55. The molecule has 0 saturated carbocycles. The van der Waals surface area contributed by atoms with E-state index in [2.05, 4.69) is 0 Å². The van der Waals surface area contributed by atoms with Crippen molar-refractivity contribution in [3.05, 3.63) is 35.6 Å². The van der Waals surface area contributed by atoms with Crippen LogP contribution < -0.4 is 0 Å². The Hall–Kier alpha value is -1.11. The maximum Gasteiger partial charge on any atom is 0.251 e. The van der Waals surface area contributed by atoms with Crippen LogP contribution in [0.15, 0.2) is 24.3 Å². The summed E-state index contributed by atoms with van der Waals surface area (Å²) in [5.74, 6) is -0.332. The Kier molecular flexibility index (Phi) is 5.39. The fraction of sp³-hybridized carbons (Fsp3) is 0.571. The van der Waals surface area contributed by atoms with E-state index in [0.29, 0.717) is 38.3 Å². The first-order chi connectivity index (χ1) is 9.54. The van der Waals surface area contributed by atoms with Crippen molar-refractivity contribution in [2.45, 2.75) is 12.5 Å². The summed E-state index contributed by atoms with van der Waals surface area (Å²) >= 11 is 0. The minimum absolute atomic E-state index is 0.186. The second kappa shape index (κ2) is 7.06. The van der Waals surface area contributed by atoms with Gasteiger partial charge in [0, 0.05) is 32.7 Å². The van der Waals surface area contributed by atoms with E-state index in [-0.39, 0.29) is 12.4 Å². The van der Waals surface area contributed by atoms with E-state index in [1.165, 1.54) is 12.1 Å². The number of nitrogens with zero attached hydrogens (tertiary/aromatic N) is 2. The first-order valence-electron chi connectivity index (χ1n) is 6.71. The first-order valence-corrected chi connectivity index (χ1v) is 6.71. The smallest absolute Gasteiger partial charge is 0.251 e. The maximum atomic E-state index is 12.8. The van der Waals surface area contributed by atoms with Gasteiger partial charge >= 0.3 is 0 Å². The number of rotatable bonds is 5. The predicted molar refractivity (Wildman–Crippen MR) is 70.2 cm³/mol. The molecule has 1 aromatic rings. The minimum atomic E-state index is -2.30. The molecular formula is C14H19F3N2O. The fourth-order valence-electron chi connectivity index (χ4n) is 2.38. The molecule has 1 aliphatic heterocycles. The largest absolute Gasteiger partial charge is 0.387 e. The molecule has 1 fully saturated rings. The lowest BCUT2D eigenvalue weighted by Gasteiger charge is -2.35. The van der Waals surface area contributed by atoms with Crippen molar-refractivity contribution >= 4 is 0 Å². The third-order valence-corrected chi connectivity index (χ3v) is 3.55. The number of hydrogen-bond acceptors (Lipinski definition) is 3. The lowest BCUT2D eigenvalue weighted by molar-refractivity contribution is 0.0384. The van der Waals surface area contributed by atoms with Gasteiger partial charge in [0.15, 0.2) is 0 Å². The zero-order valence-corrected chi connectivity index (χ0v) is 11.2. The summed E-state index contributed by atoms with van der Waals surface area (Å²) in [7, 11) is 0. The van der Waals surface area contributed by atoms with Crippen molar-refractivity contribution in [3.8, 4) is 0 Å². The standard InChI is InChI=1S/C14H19F3N2O/c15-12-3-1-11(2-4-12)13(20)9-18-5-7-19(8-6-18)10-14(16)17/h1-4,13-14,20H,5-10H2. The summed E-state index contributed by atoms with van der Waals surface area (Å²) in [5, 5.41) is 10.1. The summed E-state index contributed by atoms with van der Waals surface area (Å²) in [6.45, 7) is 2.74. The van der Waals surface area contributed by atoms with E-state index in [1.54, 1.807) is 17.0 Å². The van der Waals surface area contributed by atoms with Crippen molar-refractivity contribution in [3.63, 3.8) is 0 Å². The molecule has 0 amide bonds. The molecule has 1 aliphatic rings. The van der Waals surface area contributed by atoms with E-state index in [0.717, 1.165) is 0 Å². The third kappa shape index (κ3) is 4.47. The topological polar surface area (TPSA) is 26.7 Å². The highest BCUT2D eigenvalue weighted by Gasteiger charge is 2.21. The number of piperazine rings is 1. The van der Waals surface area contributed by atoms with Crippen LogP contribution in [0.4, 0.5) is 13.2 Å². The van der Waals surface area contributed by atoms with Crippen LogP contribution in [0.2, 0.25) is 0 Å². The number of halogens is 3. The summed E-state index contributed by atoms with van der Waals surface area (Å²) < 4.78 is 37.3. The van der Waals surface area contributed by atoms with E-state index in [9.17, 15) is 18.3 Å². The molecular weight excluding hydrogens is 269 g/mol. The molecule has 0 bridgehead atoms. The van der Waals surface area contributed by atoms with Gasteiger partial charge in [-0.2, -0.15) is 0 Å². The quantitative estimate of drug-likeness (QED) is 0.894. The Balaban J connectivity index is 1.79. The summed E-state index contributed by atoms with van der Waals surface area (Å²) in [6, 6.07) is 5.76. The molecule has 1 saturated heterocycles. The Morgan fingerprint density at radius 1 is 0.950 bits per heavy atom. The number of hydrogen-bond donors (Lipinski definition) is 1. The Bertz CT molecular complexity index is 405. The molecule has 20 heavy (non-hydrogen) atoms. The summed E-state index contributed by atoms with van der Waals surface area (Å²) in [5.41, 5.74) is 0.668. The highest BCUT2D eigenvalue weighted by Crippen LogP contribution is 2.16. The van der Waals surface area contributed by atoms with Crippen LogP contribution in [0, 0.1) is 5.82 Å². The lowest BCUT2D eigenvalue weighted by atomic mass is 10.1. The van der Waals surface area contributed by atoms with E-state index < -0.39 is 12.5 Å². The molecule has 2 rings (SSSR count). The van der Waals surface area contributed by atoms with E-state index in [4.69, 9.17) is 0 Å². The molecule has 1 unspecified atom stereocenters. The van der Waals surface area contributed by atoms with Gasteiger partial charge in [0.05, 0.1) is 12.6 Å². The second-order valence-electron chi connectivity index (χ2n) is 5.06. The first kappa shape index (κ1) is 15.3. The fourth-order valence-corrected chi connectivity index (χ4v) is 2.38. The Morgan fingerprint density at radius 2 is 1.45 bits per heavy atom. The zero-order chi connectivity index (χ0) is 14.5. The van der Waals surface area contributed by atoms with Crippen molar-refractivity contribution in [2.24, 2.45) is 0 Å². The van der Waals surface area contributed by atoms with Crippen molar-refractivity contribution in [2.75, 3.05) is 39.3 Å². The Morgan fingerprint density at radius 3 is 1.95 bits per heavy atom. The van der Waals surface area contributed by atoms with Crippen LogP contribution >= 0.6 is 0 Å². The highest BCUT2D eigenvalue weighted by molar-refractivity contribution is 5.18. The van der Waals surface area contributed by atoms with Gasteiger partial charge in [-0.15, -0.1) is 0 Å². The van der Waals surface area contributed by atoms with Gasteiger partial charge < -0.3 is 5.11 Å². The molecule has 3 nitrogen and oxygen atoms in total. The van der Waals surface area contributed by atoms with Gasteiger partial charge in [-0.25, -0.2) is 13.2 Å². The van der Waals surface area contributed by atoms with E-state index in [1.807, 2.05) is 4.90 Å². The van der Waals surface area contributed by atoms with Gasteiger partial charge in [0.25, 0.3) is 6.43 Å². The van der Waals surface area contributed by atoms with Crippen LogP contribution in [-0.4, -0.2) is 60.6 Å². The average molecular weight is 288 g/mol. The molecule has 6 heteroatoms. The molecule has 1 heterocycles. The van der Waals surface area contributed by atoms with Crippen molar-refractivity contribution < 1.29 is 18.3 Å². The lowest BCUT2D eigenvalue weighted by Crippen LogP contribution is -2.48. The maximum absolute atomic E-state index is 12.8. The summed E-state index contributed by atoms with van der Waals surface area (Å²) in [6.07, 6.45) is -2.98. The molecule has 0 spiro atoms. The van der Waals surface area contributed by atoms with E-state index >= 15 is 0 Å². The van der Waals surface area contributed by atoms with Crippen molar-refractivity contribution in [1.82, 2.24) is 9.80 Å². The molecule has 112 valence electrons. The number of aliphatic hydroxyl groups excluding tert-OH is 1. The normalized spacial score (nSPS) is 19.4. The number of β-amino-alcohol motifs (C(OH)–C–C–N with tert-alkyl or cyclic N) is 1. The van der Waals surface area contributed by atoms with Gasteiger partial charge in [-0.1, -0.05) is 12.1 Å². The predicted octanol–water partition coefficient (Wildman–Crippen LogP) is 1.74. The van der Waals surface area contributed by atoms with Gasteiger partial charge in [0.1, 0.15) is 5.82 Å². The molecule has 0 radical (unpaired) electrons. The number of benzene rings is 1. The van der Waals surface area contributed by atoms with Crippen LogP contribution in [0.1, 0.15) is 11.7 Å². The van der Waals surface area contributed by atoms with Crippen LogP contribution in [-0.2, 0) is 0 Å². The van der Waals surface area contributed by atoms with Crippen LogP contribution in [0.5, 0.6) is 0 Å². The monoisotopic (exact) mass is 288 g/mol. The Labute approximate surface area is 116 Å². The average Bonchev–Trinajstić information content (AvgIpc) is 2.41. The molecule has 1 aromatic carbocycles. The number of alkyl halides is 2. The second-order valence-corrected chi connectivity index (χ2v) is 5.06.